The molecule has 0 aliphatic heterocycles. The lowest BCUT2D eigenvalue weighted by molar-refractivity contribution is -0.115. The topological polar surface area (TPSA) is 58.2 Å². The summed E-state index contributed by atoms with van der Waals surface area (Å²) in [6.45, 7) is 4.59. The Labute approximate surface area is 128 Å². The van der Waals surface area contributed by atoms with Crippen molar-refractivity contribution in [2.24, 2.45) is 0 Å². The van der Waals surface area contributed by atoms with Crippen LogP contribution >= 0.6 is 11.8 Å². The molecule has 1 rings (SSSR count). The van der Waals surface area contributed by atoms with Crippen molar-refractivity contribution in [3.63, 3.8) is 0 Å². The molecule has 1 aromatic carbocycles. The van der Waals surface area contributed by atoms with Crippen LogP contribution in [0.1, 0.15) is 5.56 Å². The molecule has 0 unspecified atom stereocenters. The molecule has 0 atom stereocenters. The van der Waals surface area contributed by atoms with Gasteiger partial charge in [0, 0.05) is 4.90 Å². The van der Waals surface area contributed by atoms with Gasteiger partial charge in [-0.05, 0) is 30.7 Å². The van der Waals surface area contributed by atoms with Crippen LogP contribution in [-0.2, 0) is 4.79 Å². The van der Waals surface area contributed by atoms with Gasteiger partial charge < -0.3 is 5.32 Å². The number of hydrogen-bond donors (Lipinski definition) is 2. The Morgan fingerprint density at radius 2 is 2.00 bits per heavy atom. The number of carbonyl (C=O) groups excluding carboxylic acids is 2. The maximum absolute atomic E-state index is 13.7. The number of halogens is 4. The van der Waals surface area contributed by atoms with Gasteiger partial charge in [-0.2, -0.15) is 13.2 Å². The molecule has 0 saturated carbocycles. The molecule has 0 aliphatic carbocycles. The van der Waals surface area contributed by atoms with Crippen LogP contribution in [0.25, 0.3) is 0 Å². The van der Waals surface area contributed by atoms with E-state index in [0.29, 0.717) is 17.3 Å². The van der Waals surface area contributed by atoms with Gasteiger partial charge >= 0.3 is 12.2 Å². The monoisotopic (exact) mass is 336 g/mol. The number of benzene rings is 1. The van der Waals surface area contributed by atoms with Crippen LogP contribution in [-0.4, -0.2) is 23.9 Å². The minimum atomic E-state index is -4.37. The Bertz CT molecular complexity index is 602. The van der Waals surface area contributed by atoms with Gasteiger partial charge in [-0.15, -0.1) is 11.8 Å². The van der Waals surface area contributed by atoms with Crippen LogP contribution in [0.5, 0.6) is 0 Å². The highest BCUT2D eigenvalue weighted by Gasteiger charge is 2.27. The van der Waals surface area contributed by atoms with Crippen molar-refractivity contribution in [2.75, 3.05) is 11.1 Å². The molecule has 22 heavy (non-hydrogen) atoms. The van der Waals surface area contributed by atoms with Crippen LogP contribution < -0.4 is 10.6 Å². The van der Waals surface area contributed by atoms with Crippen LogP contribution in [0.2, 0.25) is 0 Å². The Morgan fingerprint density at radius 3 is 2.55 bits per heavy atom. The smallest absolute Gasteiger partial charge is 0.305 e. The number of rotatable bonds is 4. The zero-order valence-corrected chi connectivity index (χ0v) is 12.2. The SMILES string of the molecule is C=CC(=O)NC(=O)Nc1cc(SCC(F)(F)F)c(C)cc1F. The lowest BCUT2D eigenvalue weighted by Gasteiger charge is -2.12. The Kier molecular flexibility index (Phi) is 5.98. The van der Waals surface area contributed by atoms with E-state index >= 15 is 0 Å². The zero-order chi connectivity index (χ0) is 16.9. The number of imide groups is 1. The first-order valence-electron chi connectivity index (χ1n) is 5.86. The second-order valence-electron chi connectivity index (χ2n) is 4.15. The molecule has 3 amide bonds. The minimum Gasteiger partial charge on any atom is -0.305 e. The lowest BCUT2D eigenvalue weighted by Crippen LogP contribution is -2.33. The number of nitrogens with one attached hydrogen (secondary N) is 2. The predicted octanol–water partition coefficient (Wildman–Crippen LogP) is 3.62. The van der Waals surface area contributed by atoms with Crippen LogP contribution in [0.15, 0.2) is 29.7 Å². The summed E-state index contributed by atoms with van der Waals surface area (Å²) in [5, 5.41) is 3.89. The van der Waals surface area contributed by atoms with Gasteiger partial charge in [-0.3, -0.25) is 10.1 Å². The fourth-order valence-electron chi connectivity index (χ4n) is 1.38. The van der Waals surface area contributed by atoms with E-state index in [2.05, 4.69) is 11.9 Å². The fraction of sp³-hybridized carbons (Fsp3) is 0.231. The van der Waals surface area contributed by atoms with Gasteiger partial charge in [0.05, 0.1) is 11.4 Å². The number of hydrogen-bond acceptors (Lipinski definition) is 3. The molecule has 0 aliphatic rings. The molecular formula is C13H12F4N2O2S. The average molecular weight is 336 g/mol. The summed E-state index contributed by atoms with van der Waals surface area (Å²) in [5.74, 6) is -2.76. The van der Waals surface area contributed by atoms with Gasteiger partial charge in [-0.25, -0.2) is 9.18 Å². The third-order valence-corrected chi connectivity index (χ3v) is 3.55. The second-order valence-corrected chi connectivity index (χ2v) is 5.17. The number of alkyl halides is 3. The molecule has 0 radical (unpaired) electrons. The first-order valence-corrected chi connectivity index (χ1v) is 6.85. The van der Waals surface area contributed by atoms with E-state index in [1.165, 1.54) is 6.92 Å². The maximum atomic E-state index is 13.7. The van der Waals surface area contributed by atoms with Crippen molar-refractivity contribution < 1.29 is 27.2 Å². The van der Waals surface area contributed by atoms with Crippen LogP contribution in [0, 0.1) is 12.7 Å². The number of carbonyl (C=O) groups is 2. The lowest BCUT2D eigenvalue weighted by atomic mass is 10.2. The van der Waals surface area contributed by atoms with E-state index in [4.69, 9.17) is 0 Å². The summed E-state index contributed by atoms with van der Waals surface area (Å²) in [6.07, 6.45) is -3.53. The van der Waals surface area contributed by atoms with E-state index in [9.17, 15) is 27.2 Å². The molecule has 0 heterocycles. The van der Waals surface area contributed by atoms with Crippen molar-refractivity contribution in [2.45, 2.75) is 18.0 Å². The molecule has 4 nitrogen and oxygen atoms in total. The van der Waals surface area contributed by atoms with E-state index in [-0.39, 0.29) is 10.6 Å². The second kappa shape index (κ2) is 7.30. The summed E-state index contributed by atoms with van der Waals surface area (Å²) in [4.78, 5) is 22.5. The molecule has 2 N–H and O–H groups in total. The number of aryl methyl sites for hydroxylation is 1. The van der Waals surface area contributed by atoms with Gasteiger partial charge in [0.1, 0.15) is 5.82 Å². The Balaban J connectivity index is 2.89. The predicted molar refractivity (Wildman–Crippen MR) is 75.3 cm³/mol. The van der Waals surface area contributed by atoms with E-state index in [1.807, 2.05) is 5.32 Å². The summed E-state index contributed by atoms with van der Waals surface area (Å²) < 4.78 is 50.4. The number of thioether (sulfide) groups is 1. The highest BCUT2D eigenvalue weighted by Crippen LogP contribution is 2.32. The average Bonchev–Trinajstić information content (AvgIpc) is 2.39. The van der Waals surface area contributed by atoms with Crippen molar-refractivity contribution in [3.05, 3.63) is 36.2 Å². The molecule has 0 aromatic heterocycles. The maximum Gasteiger partial charge on any atom is 0.398 e. The molecule has 9 heteroatoms. The third-order valence-electron chi connectivity index (χ3n) is 2.33. The number of urea groups is 1. The largest absolute Gasteiger partial charge is 0.398 e. The normalized spacial score (nSPS) is 11.0. The Morgan fingerprint density at radius 1 is 1.36 bits per heavy atom. The molecule has 0 fully saturated rings. The first-order chi connectivity index (χ1) is 10.1. The first kappa shape index (κ1) is 18.0. The summed E-state index contributed by atoms with van der Waals surface area (Å²) in [7, 11) is 0. The van der Waals surface area contributed by atoms with Crippen LogP contribution in [0.3, 0.4) is 0 Å². The molecule has 120 valence electrons. The number of anilines is 1. The highest BCUT2D eigenvalue weighted by molar-refractivity contribution is 7.99. The third kappa shape index (κ3) is 5.76. The molecule has 1 aromatic rings. The molecular weight excluding hydrogens is 324 g/mol. The summed E-state index contributed by atoms with van der Waals surface area (Å²) in [5.41, 5.74) is -0.0236. The fourth-order valence-corrected chi connectivity index (χ4v) is 2.19. The van der Waals surface area contributed by atoms with Gasteiger partial charge in [-0.1, -0.05) is 6.58 Å². The van der Waals surface area contributed by atoms with Gasteiger partial charge in [0.25, 0.3) is 5.91 Å². The van der Waals surface area contributed by atoms with Crippen molar-refractivity contribution in [1.82, 2.24) is 5.32 Å². The van der Waals surface area contributed by atoms with Gasteiger partial charge in [0.15, 0.2) is 0 Å². The van der Waals surface area contributed by atoms with E-state index in [0.717, 1.165) is 18.2 Å². The zero-order valence-electron chi connectivity index (χ0n) is 11.4. The van der Waals surface area contributed by atoms with Crippen LogP contribution in [0.4, 0.5) is 28.0 Å². The summed E-state index contributed by atoms with van der Waals surface area (Å²) in [6, 6.07) is 1.07. The molecule has 0 saturated heterocycles. The quantitative estimate of drug-likeness (QED) is 0.502. The van der Waals surface area contributed by atoms with Crippen molar-refractivity contribution >= 4 is 29.4 Å². The Hall–Kier alpha value is -2.03. The number of amides is 3. The standard InChI is InChI=1S/C13H12F4N2O2S/c1-3-11(20)19-12(21)18-9-5-10(7(2)4-8(9)14)22-6-13(15,16)17/h3-5H,1,6H2,2H3,(H2,18,19,20,21). The van der Waals surface area contributed by atoms with E-state index in [1.54, 1.807) is 0 Å². The summed E-state index contributed by atoms with van der Waals surface area (Å²) >= 11 is 0.476. The van der Waals surface area contributed by atoms with Crippen molar-refractivity contribution in [1.29, 1.82) is 0 Å². The molecule has 0 bridgehead atoms. The minimum absolute atomic E-state index is 0.170. The molecule has 0 spiro atoms. The van der Waals surface area contributed by atoms with E-state index < -0.39 is 29.7 Å². The highest BCUT2D eigenvalue weighted by atomic mass is 32.2. The van der Waals surface area contributed by atoms with Crippen molar-refractivity contribution in [3.8, 4) is 0 Å². The van der Waals surface area contributed by atoms with Gasteiger partial charge in [0.2, 0.25) is 0 Å².